The first-order valence-corrected chi connectivity index (χ1v) is 5.98. The molecule has 1 aromatic heterocycles. The number of aromatic nitrogens is 1. The van der Waals surface area contributed by atoms with Gasteiger partial charge in [-0.25, -0.2) is 4.39 Å². The van der Waals surface area contributed by atoms with Crippen LogP contribution in [0, 0.1) is 5.82 Å². The summed E-state index contributed by atoms with van der Waals surface area (Å²) in [6.07, 6.45) is 1.64. The van der Waals surface area contributed by atoms with Gasteiger partial charge in [0.2, 0.25) is 0 Å². The fourth-order valence-corrected chi connectivity index (χ4v) is 1.71. The fraction of sp³-hybridized carbons (Fsp3) is 0.214. The lowest BCUT2D eigenvalue weighted by Crippen LogP contribution is -2.24. The zero-order valence-corrected chi connectivity index (χ0v) is 10.4. The van der Waals surface area contributed by atoms with Crippen molar-refractivity contribution in [2.75, 3.05) is 6.54 Å². The highest BCUT2D eigenvalue weighted by Gasteiger charge is 2.06. The van der Waals surface area contributed by atoms with E-state index in [4.69, 9.17) is 10.5 Å². The third kappa shape index (κ3) is 3.20. The van der Waals surface area contributed by atoms with E-state index in [1.54, 1.807) is 36.5 Å². The van der Waals surface area contributed by atoms with Gasteiger partial charge in [-0.15, -0.1) is 0 Å². The molecule has 2 rings (SSSR count). The van der Waals surface area contributed by atoms with Gasteiger partial charge in [0.15, 0.2) is 5.75 Å². The quantitative estimate of drug-likeness (QED) is 0.889. The lowest BCUT2D eigenvalue weighted by Gasteiger charge is -2.09. The molecule has 4 nitrogen and oxygen atoms in total. The monoisotopic (exact) mass is 262 g/mol. The molecule has 0 aliphatic carbocycles. The first-order valence-electron chi connectivity index (χ1n) is 5.98. The van der Waals surface area contributed by atoms with Crippen LogP contribution in [-0.4, -0.2) is 11.1 Å². The zero-order chi connectivity index (χ0) is 13.7. The van der Waals surface area contributed by atoms with Crippen LogP contribution in [0.4, 0.5) is 4.39 Å². The molecule has 0 amide bonds. The van der Waals surface area contributed by atoms with Gasteiger partial charge < -0.3 is 15.0 Å². The second-order valence-corrected chi connectivity index (χ2v) is 4.04. The first-order chi connectivity index (χ1) is 9.22. The molecule has 19 heavy (non-hydrogen) atoms. The van der Waals surface area contributed by atoms with Crippen molar-refractivity contribution in [1.82, 2.24) is 4.57 Å². The van der Waals surface area contributed by atoms with E-state index in [-0.39, 0.29) is 23.7 Å². The molecule has 0 fully saturated rings. The van der Waals surface area contributed by atoms with Crippen molar-refractivity contribution >= 4 is 0 Å². The third-order valence-electron chi connectivity index (χ3n) is 2.70. The Hall–Kier alpha value is -2.14. The Morgan fingerprint density at radius 1 is 1.21 bits per heavy atom. The van der Waals surface area contributed by atoms with Gasteiger partial charge in [-0.1, -0.05) is 18.2 Å². The molecule has 0 bridgehead atoms. The summed E-state index contributed by atoms with van der Waals surface area (Å²) in [7, 11) is 0. The normalized spacial score (nSPS) is 10.4. The standard InChI is InChI=1S/C14H15FN2O2/c15-12-5-2-1-4-11(12)10-19-13-6-3-8-17(9-7-16)14(13)18/h1-6,8H,7,9-10,16H2. The minimum absolute atomic E-state index is 0.0224. The van der Waals surface area contributed by atoms with Gasteiger partial charge in [0, 0.05) is 24.8 Å². The van der Waals surface area contributed by atoms with Crippen molar-refractivity contribution in [1.29, 1.82) is 0 Å². The van der Waals surface area contributed by atoms with Gasteiger partial charge in [0.1, 0.15) is 12.4 Å². The summed E-state index contributed by atoms with van der Waals surface area (Å²) in [5, 5.41) is 0. The summed E-state index contributed by atoms with van der Waals surface area (Å²) in [6, 6.07) is 9.58. The van der Waals surface area contributed by atoms with Crippen molar-refractivity contribution in [3.63, 3.8) is 0 Å². The predicted octanol–water partition coefficient (Wildman–Crippen LogP) is 1.53. The smallest absolute Gasteiger partial charge is 0.292 e. The molecule has 1 heterocycles. The van der Waals surface area contributed by atoms with Gasteiger partial charge in [-0.2, -0.15) is 0 Å². The van der Waals surface area contributed by atoms with E-state index in [0.717, 1.165) is 0 Å². The highest BCUT2D eigenvalue weighted by Crippen LogP contribution is 2.10. The molecule has 0 radical (unpaired) electrons. The number of nitrogens with two attached hydrogens (primary N) is 1. The van der Waals surface area contributed by atoms with Crippen LogP contribution in [0.15, 0.2) is 47.4 Å². The molecule has 0 aliphatic heterocycles. The molecule has 100 valence electrons. The summed E-state index contributed by atoms with van der Waals surface area (Å²) >= 11 is 0. The Labute approximate surface area is 110 Å². The number of hydrogen-bond donors (Lipinski definition) is 1. The van der Waals surface area contributed by atoms with E-state index in [1.165, 1.54) is 10.6 Å². The van der Waals surface area contributed by atoms with Crippen LogP contribution >= 0.6 is 0 Å². The largest absolute Gasteiger partial charge is 0.483 e. The second kappa shape index (κ2) is 6.15. The highest BCUT2D eigenvalue weighted by atomic mass is 19.1. The molecule has 0 spiro atoms. The summed E-state index contributed by atoms with van der Waals surface area (Å²) in [5.41, 5.74) is 5.57. The van der Waals surface area contributed by atoms with Crippen LogP contribution in [-0.2, 0) is 13.2 Å². The fourth-order valence-electron chi connectivity index (χ4n) is 1.71. The van der Waals surface area contributed by atoms with Crippen molar-refractivity contribution < 1.29 is 9.13 Å². The van der Waals surface area contributed by atoms with E-state index in [2.05, 4.69) is 0 Å². The minimum atomic E-state index is -0.347. The van der Waals surface area contributed by atoms with E-state index in [9.17, 15) is 9.18 Å². The summed E-state index contributed by atoms with van der Waals surface area (Å²) in [5.74, 6) is -0.153. The number of nitrogens with zero attached hydrogens (tertiary/aromatic N) is 1. The number of rotatable bonds is 5. The van der Waals surface area contributed by atoms with E-state index >= 15 is 0 Å². The summed E-state index contributed by atoms with van der Waals surface area (Å²) in [6.45, 7) is 0.820. The number of benzene rings is 1. The molecule has 2 aromatic rings. The van der Waals surface area contributed by atoms with Crippen LogP contribution in [0.1, 0.15) is 5.56 Å². The Morgan fingerprint density at radius 2 is 2.00 bits per heavy atom. The van der Waals surface area contributed by atoms with E-state index < -0.39 is 0 Å². The third-order valence-corrected chi connectivity index (χ3v) is 2.70. The van der Waals surface area contributed by atoms with Gasteiger partial charge in [0.05, 0.1) is 0 Å². The van der Waals surface area contributed by atoms with Crippen LogP contribution in [0.3, 0.4) is 0 Å². The molecule has 0 saturated carbocycles. The molecule has 0 aliphatic rings. The molecule has 0 unspecified atom stereocenters. The number of halogens is 1. The average Bonchev–Trinajstić information content (AvgIpc) is 2.42. The maximum absolute atomic E-state index is 13.4. The van der Waals surface area contributed by atoms with Crippen molar-refractivity contribution in [2.24, 2.45) is 5.73 Å². The van der Waals surface area contributed by atoms with Gasteiger partial charge >= 0.3 is 0 Å². The highest BCUT2D eigenvalue weighted by molar-refractivity contribution is 5.20. The van der Waals surface area contributed by atoms with Gasteiger partial charge in [-0.3, -0.25) is 4.79 Å². The number of ether oxygens (including phenoxy) is 1. The van der Waals surface area contributed by atoms with Gasteiger partial charge in [0.25, 0.3) is 5.56 Å². The number of hydrogen-bond acceptors (Lipinski definition) is 3. The molecule has 0 atom stereocenters. The van der Waals surface area contributed by atoms with Gasteiger partial charge in [-0.05, 0) is 18.2 Å². The molecular weight excluding hydrogens is 247 g/mol. The van der Waals surface area contributed by atoms with Crippen molar-refractivity contribution in [2.45, 2.75) is 13.2 Å². The van der Waals surface area contributed by atoms with Crippen LogP contribution in [0.5, 0.6) is 5.75 Å². The maximum atomic E-state index is 13.4. The Kier molecular flexibility index (Phi) is 4.30. The lowest BCUT2D eigenvalue weighted by molar-refractivity contribution is 0.293. The molecule has 1 aromatic carbocycles. The van der Waals surface area contributed by atoms with Crippen molar-refractivity contribution in [3.05, 3.63) is 64.3 Å². The van der Waals surface area contributed by atoms with Crippen molar-refractivity contribution in [3.8, 4) is 5.75 Å². The summed E-state index contributed by atoms with van der Waals surface area (Å²) < 4.78 is 20.3. The molecule has 5 heteroatoms. The first kappa shape index (κ1) is 13.3. The topological polar surface area (TPSA) is 57.2 Å². The zero-order valence-electron chi connectivity index (χ0n) is 10.4. The lowest BCUT2D eigenvalue weighted by atomic mass is 10.2. The predicted molar refractivity (Wildman–Crippen MR) is 70.5 cm³/mol. The Morgan fingerprint density at radius 3 is 2.74 bits per heavy atom. The van der Waals surface area contributed by atoms with Crippen LogP contribution in [0.25, 0.3) is 0 Å². The van der Waals surface area contributed by atoms with Crippen LogP contribution < -0.4 is 16.0 Å². The van der Waals surface area contributed by atoms with E-state index in [1.807, 2.05) is 0 Å². The minimum Gasteiger partial charge on any atom is -0.483 e. The molecular formula is C14H15FN2O2. The van der Waals surface area contributed by atoms with Crippen LogP contribution in [0.2, 0.25) is 0 Å². The Bertz CT molecular complexity index is 610. The molecule has 0 saturated heterocycles. The number of pyridine rings is 1. The maximum Gasteiger partial charge on any atom is 0.292 e. The SMILES string of the molecule is NCCn1cccc(OCc2ccccc2F)c1=O. The molecule has 2 N–H and O–H groups in total. The Balaban J connectivity index is 2.14. The van der Waals surface area contributed by atoms with E-state index in [0.29, 0.717) is 18.7 Å². The second-order valence-electron chi connectivity index (χ2n) is 4.04. The summed E-state index contributed by atoms with van der Waals surface area (Å²) in [4.78, 5) is 12.0. The average molecular weight is 262 g/mol.